The van der Waals surface area contributed by atoms with Crippen molar-refractivity contribution in [3.8, 4) is 0 Å². The summed E-state index contributed by atoms with van der Waals surface area (Å²) in [5.41, 5.74) is 2.37. The molecule has 1 fully saturated rings. The molecule has 1 aromatic carbocycles. The Hall–Kier alpha value is -1.36. The summed E-state index contributed by atoms with van der Waals surface area (Å²) in [4.78, 5) is 0. The zero-order valence-corrected chi connectivity index (χ0v) is 21.8. The number of fused-ring (bicyclic) bond motifs is 2. The first-order valence-electron chi connectivity index (χ1n) is 13.2. The van der Waals surface area contributed by atoms with E-state index in [1.165, 1.54) is 18.4 Å². The second-order valence-corrected chi connectivity index (χ2v) is 9.05. The van der Waals surface area contributed by atoms with Crippen molar-refractivity contribution in [3.63, 3.8) is 0 Å². The van der Waals surface area contributed by atoms with Crippen molar-refractivity contribution in [2.75, 3.05) is 86.4 Å². The molecule has 2 aliphatic carbocycles. The molecule has 0 spiro atoms. The average molecular weight is 509 g/mol. The quantitative estimate of drug-likeness (QED) is 0.165. The maximum absolute atomic E-state index is 6.14. The molecule has 0 aromatic heterocycles. The maximum atomic E-state index is 6.14. The first kappa shape index (κ1) is 29.2. The van der Waals surface area contributed by atoms with Gasteiger partial charge in [-0.1, -0.05) is 36.4 Å². The molecule has 8 heteroatoms. The number of methoxy groups -OCH3 is 1. The molecular weight excluding hydrogens is 464 g/mol. The molecule has 0 amide bonds. The van der Waals surface area contributed by atoms with Gasteiger partial charge in [-0.25, -0.2) is 0 Å². The predicted octanol–water partition coefficient (Wildman–Crippen LogP) is 3.41. The summed E-state index contributed by atoms with van der Waals surface area (Å²) in [5, 5.41) is 0. The van der Waals surface area contributed by atoms with Crippen LogP contribution < -0.4 is 0 Å². The zero-order chi connectivity index (χ0) is 25.1. The number of ether oxygens (including phenoxy) is 8. The molecule has 0 saturated heterocycles. The number of hydrogen-bond acceptors (Lipinski definition) is 8. The lowest BCUT2D eigenvalue weighted by Gasteiger charge is -2.19. The third kappa shape index (κ3) is 12.3. The van der Waals surface area contributed by atoms with E-state index in [1.807, 2.05) is 0 Å². The predicted molar refractivity (Wildman–Crippen MR) is 136 cm³/mol. The van der Waals surface area contributed by atoms with Gasteiger partial charge >= 0.3 is 0 Å². The van der Waals surface area contributed by atoms with Gasteiger partial charge in [0.25, 0.3) is 0 Å². The van der Waals surface area contributed by atoms with Crippen molar-refractivity contribution in [2.24, 2.45) is 11.8 Å². The topological polar surface area (TPSA) is 73.8 Å². The fraction of sp³-hybridized carbons (Fsp3) is 0.714. The van der Waals surface area contributed by atoms with E-state index in [0.29, 0.717) is 105 Å². The maximum Gasteiger partial charge on any atom is 0.0720 e. The van der Waals surface area contributed by atoms with Crippen molar-refractivity contribution in [1.29, 1.82) is 0 Å². The first-order chi connectivity index (χ1) is 17.8. The third-order valence-corrected chi connectivity index (χ3v) is 6.27. The van der Waals surface area contributed by atoms with Crippen molar-refractivity contribution in [2.45, 2.75) is 32.2 Å². The highest BCUT2D eigenvalue weighted by Crippen LogP contribution is 2.40. The van der Waals surface area contributed by atoms with Gasteiger partial charge in [0, 0.05) is 13.0 Å². The summed E-state index contributed by atoms with van der Waals surface area (Å²) >= 11 is 0. The zero-order valence-electron chi connectivity index (χ0n) is 21.8. The monoisotopic (exact) mass is 508 g/mol. The van der Waals surface area contributed by atoms with Gasteiger partial charge in [-0.2, -0.15) is 0 Å². The van der Waals surface area contributed by atoms with E-state index in [2.05, 4.69) is 36.4 Å². The summed E-state index contributed by atoms with van der Waals surface area (Å²) in [6.45, 7) is 7.97. The molecule has 0 unspecified atom stereocenters. The Morgan fingerprint density at radius 1 is 0.556 bits per heavy atom. The van der Waals surface area contributed by atoms with Crippen molar-refractivity contribution >= 4 is 0 Å². The van der Waals surface area contributed by atoms with E-state index in [9.17, 15) is 0 Å². The summed E-state index contributed by atoms with van der Waals surface area (Å²) in [5.74, 6) is 1.37. The van der Waals surface area contributed by atoms with E-state index in [0.717, 1.165) is 11.5 Å². The fourth-order valence-corrected chi connectivity index (χ4v) is 4.29. The van der Waals surface area contributed by atoms with Gasteiger partial charge in [0.05, 0.1) is 98.6 Å². The molecule has 1 aromatic rings. The summed E-state index contributed by atoms with van der Waals surface area (Å²) in [7, 11) is 1.65. The average Bonchev–Trinajstić information content (AvgIpc) is 3.53. The standard InChI is InChI=1S/C28H44O8/c1-29-8-9-30-10-11-31-12-13-32-14-15-33-16-17-34-18-19-35-22-24-2-4-25(5-3-24)23-36-28-21-26-6-7-27(28)20-26/h2-7,26-28H,8-23H2,1H3/t26-,27-,28-/m0/s1. The minimum atomic E-state index is 0.398. The van der Waals surface area contributed by atoms with Crippen LogP contribution in [-0.2, 0) is 51.1 Å². The van der Waals surface area contributed by atoms with Gasteiger partial charge in [0.15, 0.2) is 0 Å². The van der Waals surface area contributed by atoms with Crippen molar-refractivity contribution in [1.82, 2.24) is 0 Å². The summed E-state index contributed by atoms with van der Waals surface area (Å²) < 4.78 is 43.9. The molecular formula is C28H44O8. The molecule has 3 atom stereocenters. The van der Waals surface area contributed by atoms with Gasteiger partial charge in [-0.3, -0.25) is 0 Å². The number of rotatable bonds is 23. The van der Waals surface area contributed by atoms with Crippen LogP contribution >= 0.6 is 0 Å². The highest BCUT2D eigenvalue weighted by molar-refractivity contribution is 5.21. The second-order valence-electron chi connectivity index (χ2n) is 9.05. The molecule has 0 N–H and O–H groups in total. The lowest BCUT2D eigenvalue weighted by atomic mass is 10.0. The highest BCUT2D eigenvalue weighted by Gasteiger charge is 2.36. The molecule has 1 saturated carbocycles. The Bertz CT molecular complexity index is 695. The Labute approximate surface area is 216 Å². The van der Waals surface area contributed by atoms with Crippen molar-refractivity contribution in [3.05, 3.63) is 47.5 Å². The van der Waals surface area contributed by atoms with Crippen LogP contribution in [0.5, 0.6) is 0 Å². The Kier molecular flexibility index (Phi) is 15.3. The van der Waals surface area contributed by atoms with Gasteiger partial charge < -0.3 is 37.9 Å². The van der Waals surface area contributed by atoms with Crippen LogP contribution in [0.25, 0.3) is 0 Å². The van der Waals surface area contributed by atoms with E-state index >= 15 is 0 Å². The Balaban J connectivity index is 1.04. The molecule has 0 aliphatic heterocycles. The minimum Gasteiger partial charge on any atom is -0.382 e. The van der Waals surface area contributed by atoms with Crippen LogP contribution in [0, 0.1) is 11.8 Å². The highest BCUT2D eigenvalue weighted by atomic mass is 16.6. The van der Waals surface area contributed by atoms with Gasteiger partial charge in [-0.05, 0) is 29.9 Å². The fourth-order valence-electron chi connectivity index (χ4n) is 4.29. The van der Waals surface area contributed by atoms with Gasteiger partial charge in [0.2, 0.25) is 0 Å². The van der Waals surface area contributed by atoms with Gasteiger partial charge in [-0.15, -0.1) is 0 Å². The van der Waals surface area contributed by atoms with E-state index in [-0.39, 0.29) is 0 Å². The smallest absolute Gasteiger partial charge is 0.0720 e. The van der Waals surface area contributed by atoms with Crippen LogP contribution in [0.4, 0.5) is 0 Å². The minimum absolute atomic E-state index is 0.398. The molecule has 36 heavy (non-hydrogen) atoms. The molecule has 2 bridgehead atoms. The molecule has 0 heterocycles. The van der Waals surface area contributed by atoms with Crippen LogP contribution in [0.15, 0.2) is 36.4 Å². The number of benzene rings is 1. The largest absolute Gasteiger partial charge is 0.382 e. The normalized spacial score (nSPS) is 20.5. The van der Waals surface area contributed by atoms with E-state index < -0.39 is 0 Å². The molecule has 2 aliphatic rings. The van der Waals surface area contributed by atoms with Crippen molar-refractivity contribution < 1.29 is 37.9 Å². The van der Waals surface area contributed by atoms with E-state index in [4.69, 9.17) is 37.9 Å². The van der Waals surface area contributed by atoms with Gasteiger partial charge in [0.1, 0.15) is 0 Å². The number of hydrogen-bond donors (Lipinski definition) is 0. The third-order valence-electron chi connectivity index (χ3n) is 6.27. The first-order valence-corrected chi connectivity index (χ1v) is 13.2. The SMILES string of the molecule is COCCOCCOCCOCCOCCOCCOCc1ccc(CO[C@H]2C[C@H]3C=C[C@H]2C3)cc1. The van der Waals surface area contributed by atoms with E-state index in [1.54, 1.807) is 7.11 Å². The summed E-state index contributed by atoms with van der Waals surface area (Å²) in [6.07, 6.45) is 7.53. The Morgan fingerprint density at radius 2 is 1.03 bits per heavy atom. The summed E-state index contributed by atoms with van der Waals surface area (Å²) in [6, 6.07) is 8.49. The second kappa shape index (κ2) is 18.8. The lowest BCUT2D eigenvalue weighted by molar-refractivity contribution is -0.0198. The Morgan fingerprint density at radius 3 is 1.47 bits per heavy atom. The van der Waals surface area contributed by atoms with Crippen LogP contribution in [0.3, 0.4) is 0 Å². The molecule has 204 valence electrons. The lowest BCUT2D eigenvalue weighted by Crippen LogP contribution is -2.17. The molecule has 8 nitrogen and oxygen atoms in total. The number of allylic oxidation sites excluding steroid dienone is 1. The molecule has 0 radical (unpaired) electrons. The molecule has 3 rings (SSSR count). The van der Waals surface area contributed by atoms with Crippen LogP contribution in [0.1, 0.15) is 24.0 Å². The van der Waals surface area contributed by atoms with Crippen LogP contribution in [0.2, 0.25) is 0 Å². The van der Waals surface area contributed by atoms with Crippen LogP contribution in [-0.4, -0.2) is 92.5 Å².